The maximum Gasteiger partial charge on any atom is 0.416 e. The first-order valence-electron chi connectivity index (χ1n) is 12.6. The SMILES string of the molecule is Cc1cc(C(F)(F)F)cc(NC2C(c3cccnc3N(C)C)N(C(=O)OC(C)C)C(C(=O)O)C2C(C)(C)C)n1. The number of aryl methyl sites for hydroxylation is 1. The minimum absolute atomic E-state index is 0.0786. The van der Waals surface area contributed by atoms with E-state index in [0.717, 1.165) is 12.1 Å². The number of hydrogen-bond donors (Lipinski definition) is 2. The lowest BCUT2D eigenvalue weighted by molar-refractivity contribution is -0.144. The van der Waals surface area contributed by atoms with Crippen LogP contribution in [0.1, 0.15) is 57.5 Å². The molecule has 3 heterocycles. The molecular weight excluding hydrogens is 515 g/mol. The van der Waals surface area contributed by atoms with Crippen LogP contribution in [0.15, 0.2) is 30.5 Å². The smallest absolute Gasteiger partial charge is 0.416 e. The van der Waals surface area contributed by atoms with E-state index in [1.807, 2.05) is 20.8 Å². The molecule has 4 atom stereocenters. The number of carbonyl (C=O) groups is 2. The summed E-state index contributed by atoms with van der Waals surface area (Å²) in [6, 6.07) is 2.03. The molecular formula is C27H36F3N5O4. The third-order valence-electron chi connectivity index (χ3n) is 6.62. The van der Waals surface area contributed by atoms with Crippen LogP contribution in [0.25, 0.3) is 0 Å². The molecule has 2 N–H and O–H groups in total. The molecule has 0 aromatic carbocycles. The molecule has 4 unspecified atom stereocenters. The standard InChI is InChI=1S/C27H36F3N5O4/c1-14(2)39-25(38)35-21(17-10-9-11-31-23(17)34(7)8)20(19(26(4,5)6)22(35)24(36)37)33-18-13-16(27(28,29)30)12-15(3)32-18/h9-14,19-22H,1-8H3,(H,32,33)(H,36,37). The first-order valence-corrected chi connectivity index (χ1v) is 12.6. The van der Waals surface area contributed by atoms with E-state index < -0.39 is 59.4 Å². The van der Waals surface area contributed by atoms with Crippen molar-refractivity contribution in [2.45, 2.75) is 71.9 Å². The van der Waals surface area contributed by atoms with Gasteiger partial charge in [-0.15, -0.1) is 0 Å². The number of halogens is 3. The lowest BCUT2D eigenvalue weighted by atomic mass is 9.72. The maximum absolute atomic E-state index is 13.7. The fraction of sp³-hybridized carbons (Fsp3) is 0.556. The van der Waals surface area contributed by atoms with Gasteiger partial charge in [0.2, 0.25) is 0 Å². The molecule has 214 valence electrons. The number of anilines is 2. The van der Waals surface area contributed by atoms with Gasteiger partial charge in [0.1, 0.15) is 17.7 Å². The largest absolute Gasteiger partial charge is 0.480 e. The fourth-order valence-electron chi connectivity index (χ4n) is 5.29. The number of alkyl halides is 3. The lowest BCUT2D eigenvalue weighted by Crippen LogP contribution is -2.48. The maximum atomic E-state index is 13.7. The van der Waals surface area contributed by atoms with Crippen molar-refractivity contribution in [1.29, 1.82) is 0 Å². The zero-order valence-corrected chi connectivity index (χ0v) is 23.4. The van der Waals surface area contributed by atoms with Crippen molar-refractivity contribution in [1.82, 2.24) is 14.9 Å². The third-order valence-corrected chi connectivity index (χ3v) is 6.62. The molecule has 12 heteroatoms. The number of pyridine rings is 2. The Balaban J connectivity index is 2.32. The average Bonchev–Trinajstić information content (AvgIpc) is 3.13. The summed E-state index contributed by atoms with van der Waals surface area (Å²) in [4.78, 5) is 38.0. The number of hydrogen-bond acceptors (Lipinski definition) is 7. The Morgan fingerprint density at radius 2 is 1.82 bits per heavy atom. The number of carboxylic acid groups (broad SMARTS) is 1. The number of aromatic nitrogens is 2. The predicted octanol–water partition coefficient (Wildman–Crippen LogP) is 5.37. The molecule has 0 aliphatic carbocycles. The Morgan fingerprint density at radius 3 is 2.33 bits per heavy atom. The summed E-state index contributed by atoms with van der Waals surface area (Å²) in [5.74, 6) is -1.63. The van der Waals surface area contributed by atoms with Crippen molar-refractivity contribution < 1.29 is 32.6 Å². The van der Waals surface area contributed by atoms with Crippen molar-refractivity contribution in [3.8, 4) is 0 Å². The van der Waals surface area contributed by atoms with E-state index in [1.165, 1.54) is 11.8 Å². The summed E-state index contributed by atoms with van der Waals surface area (Å²) >= 11 is 0. The number of nitrogens with one attached hydrogen (secondary N) is 1. The summed E-state index contributed by atoms with van der Waals surface area (Å²) in [6.45, 7) is 10.2. The van der Waals surface area contributed by atoms with Gasteiger partial charge in [-0.1, -0.05) is 26.8 Å². The second-order valence-electron chi connectivity index (χ2n) is 11.3. The van der Waals surface area contributed by atoms with Crippen LogP contribution in [0.4, 0.5) is 29.6 Å². The van der Waals surface area contributed by atoms with Crippen LogP contribution in [0.3, 0.4) is 0 Å². The number of carboxylic acids is 1. The Labute approximate surface area is 226 Å². The van der Waals surface area contributed by atoms with E-state index in [0.29, 0.717) is 11.4 Å². The number of ether oxygens (including phenoxy) is 1. The average molecular weight is 552 g/mol. The highest BCUT2D eigenvalue weighted by Gasteiger charge is 2.59. The Morgan fingerprint density at radius 1 is 1.18 bits per heavy atom. The highest BCUT2D eigenvalue weighted by molar-refractivity contribution is 5.83. The number of amides is 1. The highest BCUT2D eigenvalue weighted by atomic mass is 19.4. The van der Waals surface area contributed by atoms with Crippen molar-refractivity contribution in [2.75, 3.05) is 24.3 Å². The molecule has 0 saturated carbocycles. The van der Waals surface area contributed by atoms with E-state index in [4.69, 9.17) is 4.74 Å². The van der Waals surface area contributed by atoms with Crippen LogP contribution in [-0.4, -0.2) is 64.3 Å². The van der Waals surface area contributed by atoms with Gasteiger partial charge >= 0.3 is 18.2 Å². The minimum Gasteiger partial charge on any atom is -0.480 e. The molecule has 1 amide bonds. The molecule has 3 rings (SSSR count). The van der Waals surface area contributed by atoms with Crippen LogP contribution in [0, 0.1) is 18.3 Å². The first kappa shape index (κ1) is 30.0. The Hall–Kier alpha value is -3.57. The zero-order chi connectivity index (χ0) is 29.4. The van der Waals surface area contributed by atoms with E-state index in [2.05, 4.69) is 15.3 Å². The summed E-state index contributed by atoms with van der Waals surface area (Å²) in [7, 11) is 3.52. The van der Waals surface area contributed by atoms with E-state index in [1.54, 1.807) is 51.2 Å². The van der Waals surface area contributed by atoms with Gasteiger partial charge in [0.05, 0.1) is 23.8 Å². The van der Waals surface area contributed by atoms with E-state index >= 15 is 0 Å². The summed E-state index contributed by atoms with van der Waals surface area (Å²) in [6.07, 6.45) is -4.42. The lowest BCUT2D eigenvalue weighted by Gasteiger charge is -2.35. The molecule has 1 aliphatic heterocycles. The predicted molar refractivity (Wildman–Crippen MR) is 141 cm³/mol. The van der Waals surface area contributed by atoms with Gasteiger partial charge in [-0.2, -0.15) is 13.2 Å². The number of likely N-dealkylation sites (tertiary alicyclic amines) is 1. The van der Waals surface area contributed by atoms with Crippen molar-refractivity contribution in [3.05, 3.63) is 47.3 Å². The van der Waals surface area contributed by atoms with Crippen LogP contribution in [-0.2, 0) is 15.7 Å². The Bertz CT molecular complexity index is 1210. The van der Waals surface area contributed by atoms with Crippen LogP contribution >= 0.6 is 0 Å². The summed E-state index contributed by atoms with van der Waals surface area (Å²) in [5.41, 5.74) is -0.957. The molecule has 0 spiro atoms. The number of carbonyl (C=O) groups excluding carboxylic acids is 1. The van der Waals surface area contributed by atoms with Gasteiger partial charge in [-0.3, -0.25) is 4.90 Å². The van der Waals surface area contributed by atoms with Gasteiger partial charge in [0, 0.05) is 37.5 Å². The molecule has 1 saturated heterocycles. The number of aliphatic carboxylic acids is 1. The van der Waals surface area contributed by atoms with Gasteiger partial charge in [0.25, 0.3) is 0 Å². The van der Waals surface area contributed by atoms with Crippen LogP contribution in [0.2, 0.25) is 0 Å². The normalized spacial score (nSPS) is 21.7. The topological polar surface area (TPSA) is 108 Å². The molecule has 2 aromatic rings. The van der Waals surface area contributed by atoms with E-state index in [-0.39, 0.29) is 11.5 Å². The first-order chi connectivity index (χ1) is 17.9. The van der Waals surface area contributed by atoms with Crippen LogP contribution in [0.5, 0.6) is 0 Å². The zero-order valence-electron chi connectivity index (χ0n) is 23.4. The van der Waals surface area contributed by atoms with E-state index in [9.17, 15) is 27.9 Å². The molecule has 0 bridgehead atoms. The summed E-state index contributed by atoms with van der Waals surface area (Å²) in [5, 5.41) is 13.6. The quantitative estimate of drug-likeness (QED) is 0.494. The fourth-order valence-corrected chi connectivity index (χ4v) is 5.29. The number of nitrogens with zero attached hydrogens (tertiary/aromatic N) is 4. The second-order valence-corrected chi connectivity index (χ2v) is 11.3. The molecule has 39 heavy (non-hydrogen) atoms. The molecule has 2 aromatic heterocycles. The second kappa shape index (κ2) is 10.9. The van der Waals surface area contributed by atoms with Crippen molar-refractivity contribution >= 4 is 23.7 Å². The van der Waals surface area contributed by atoms with Crippen molar-refractivity contribution in [2.24, 2.45) is 11.3 Å². The Kier molecular flexibility index (Phi) is 8.37. The highest BCUT2D eigenvalue weighted by Crippen LogP contribution is 2.50. The van der Waals surface area contributed by atoms with Crippen LogP contribution < -0.4 is 10.2 Å². The van der Waals surface area contributed by atoms with Gasteiger partial charge in [-0.25, -0.2) is 19.6 Å². The monoisotopic (exact) mass is 551 g/mol. The minimum atomic E-state index is -4.61. The van der Waals surface area contributed by atoms with Gasteiger partial charge in [0.15, 0.2) is 0 Å². The third kappa shape index (κ3) is 6.36. The molecule has 1 fully saturated rings. The van der Waals surface area contributed by atoms with Crippen molar-refractivity contribution in [3.63, 3.8) is 0 Å². The molecule has 1 aliphatic rings. The van der Waals surface area contributed by atoms with Gasteiger partial charge < -0.3 is 20.1 Å². The molecule has 0 radical (unpaired) electrons. The summed E-state index contributed by atoms with van der Waals surface area (Å²) < 4.78 is 46.5. The molecule has 9 nitrogen and oxygen atoms in total. The van der Waals surface area contributed by atoms with Gasteiger partial charge in [-0.05, 0) is 44.4 Å². The number of rotatable bonds is 6.